The van der Waals surface area contributed by atoms with Crippen molar-refractivity contribution in [2.24, 2.45) is 5.84 Å². The zero-order valence-electron chi connectivity index (χ0n) is 11.9. The van der Waals surface area contributed by atoms with Crippen molar-refractivity contribution in [1.82, 2.24) is 10.4 Å². The Labute approximate surface area is 118 Å². The summed E-state index contributed by atoms with van der Waals surface area (Å²) < 4.78 is 10.9. The van der Waals surface area contributed by atoms with Crippen molar-refractivity contribution in [3.63, 3.8) is 0 Å². The number of benzene rings is 1. The molecule has 106 valence electrons. The predicted molar refractivity (Wildman–Crippen MR) is 77.7 cm³/mol. The fraction of sp³-hybridized carbons (Fsp3) is 0.267. The molecule has 1 heterocycles. The highest BCUT2D eigenvalue weighted by Crippen LogP contribution is 2.37. The first-order valence-electron chi connectivity index (χ1n) is 6.30. The van der Waals surface area contributed by atoms with Crippen LogP contribution in [-0.4, -0.2) is 19.2 Å². The number of hydrogen-bond acceptors (Lipinski definition) is 5. The maximum Gasteiger partial charge on any atom is 0.127 e. The fourth-order valence-electron chi connectivity index (χ4n) is 2.30. The van der Waals surface area contributed by atoms with E-state index < -0.39 is 0 Å². The molecule has 0 amide bonds. The third kappa shape index (κ3) is 2.59. The molecule has 1 aromatic carbocycles. The summed E-state index contributed by atoms with van der Waals surface area (Å²) in [5, 5.41) is 0. The molecule has 20 heavy (non-hydrogen) atoms. The molecule has 2 aromatic rings. The lowest BCUT2D eigenvalue weighted by atomic mass is 9.95. The van der Waals surface area contributed by atoms with Gasteiger partial charge >= 0.3 is 0 Å². The summed E-state index contributed by atoms with van der Waals surface area (Å²) in [7, 11) is 3.26. The Bertz CT molecular complexity index is 565. The van der Waals surface area contributed by atoms with Gasteiger partial charge in [-0.05, 0) is 36.2 Å². The zero-order valence-corrected chi connectivity index (χ0v) is 11.9. The molecule has 2 rings (SSSR count). The van der Waals surface area contributed by atoms with Crippen LogP contribution in [0.4, 0.5) is 0 Å². The van der Waals surface area contributed by atoms with Crippen LogP contribution in [0.1, 0.15) is 22.7 Å². The molecule has 0 saturated carbocycles. The third-order valence-electron chi connectivity index (χ3n) is 3.30. The molecule has 3 N–H and O–H groups in total. The number of rotatable bonds is 5. The number of nitrogens with one attached hydrogen (secondary N) is 1. The molecule has 0 spiro atoms. The van der Waals surface area contributed by atoms with Gasteiger partial charge in [-0.2, -0.15) is 0 Å². The Hall–Kier alpha value is -2.11. The SMILES string of the molecule is COc1cccc(OC)c1C(NN)c1ccncc1C. The van der Waals surface area contributed by atoms with Gasteiger partial charge in [0.25, 0.3) is 0 Å². The number of methoxy groups -OCH3 is 2. The summed E-state index contributed by atoms with van der Waals surface area (Å²) in [6.45, 7) is 1.99. The maximum atomic E-state index is 5.77. The maximum absolute atomic E-state index is 5.77. The Balaban J connectivity index is 2.60. The quantitative estimate of drug-likeness (QED) is 0.644. The van der Waals surface area contributed by atoms with Gasteiger partial charge in [-0.25, -0.2) is 5.43 Å². The average Bonchev–Trinajstić information content (AvgIpc) is 2.49. The minimum absolute atomic E-state index is 0.232. The lowest BCUT2D eigenvalue weighted by Gasteiger charge is -2.23. The number of hydrazine groups is 1. The van der Waals surface area contributed by atoms with Gasteiger partial charge in [-0.15, -0.1) is 0 Å². The highest BCUT2D eigenvalue weighted by Gasteiger charge is 2.22. The molecule has 0 aliphatic carbocycles. The first-order chi connectivity index (χ1) is 9.72. The molecule has 0 saturated heterocycles. The van der Waals surface area contributed by atoms with Crippen molar-refractivity contribution in [2.45, 2.75) is 13.0 Å². The van der Waals surface area contributed by atoms with Gasteiger partial charge in [0.05, 0.1) is 25.8 Å². The summed E-state index contributed by atoms with van der Waals surface area (Å²) in [5.41, 5.74) is 5.78. The monoisotopic (exact) mass is 273 g/mol. The minimum Gasteiger partial charge on any atom is -0.496 e. The lowest BCUT2D eigenvalue weighted by Crippen LogP contribution is -2.30. The van der Waals surface area contributed by atoms with E-state index in [1.54, 1.807) is 20.4 Å². The summed E-state index contributed by atoms with van der Waals surface area (Å²) in [5.74, 6) is 7.22. The number of ether oxygens (including phenoxy) is 2. The van der Waals surface area contributed by atoms with Gasteiger partial charge < -0.3 is 9.47 Å². The smallest absolute Gasteiger partial charge is 0.127 e. The van der Waals surface area contributed by atoms with E-state index in [-0.39, 0.29) is 6.04 Å². The van der Waals surface area contributed by atoms with Crippen LogP contribution in [0.2, 0.25) is 0 Å². The number of nitrogens with zero attached hydrogens (tertiary/aromatic N) is 1. The summed E-state index contributed by atoms with van der Waals surface area (Å²) in [6.07, 6.45) is 3.55. The molecular weight excluding hydrogens is 254 g/mol. The Morgan fingerprint density at radius 3 is 2.30 bits per heavy atom. The first-order valence-corrected chi connectivity index (χ1v) is 6.30. The van der Waals surface area contributed by atoms with E-state index in [4.69, 9.17) is 15.3 Å². The van der Waals surface area contributed by atoms with E-state index in [0.717, 1.165) is 28.2 Å². The van der Waals surface area contributed by atoms with Crippen LogP contribution < -0.4 is 20.7 Å². The van der Waals surface area contributed by atoms with Crippen LogP contribution in [0.5, 0.6) is 11.5 Å². The van der Waals surface area contributed by atoms with Crippen LogP contribution in [0.3, 0.4) is 0 Å². The summed E-state index contributed by atoms with van der Waals surface area (Å²) >= 11 is 0. The first kappa shape index (κ1) is 14.3. The molecule has 0 aliphatic rings. The normalized spacial score (nSPS) is 12.0. The molecule has 0 bridgehead atoms. The van der Waals surface area contributed by atoms with Crippen LogP contribution in [0.15, 0.2) is 36.7 Å². The molecular formula is C15H19N3O2. The van der Waals surface area contributed by atoms with E-state index in [2.05, 4.69) is 10.4 Å². The molecule has 1 aromatic heterocycles. The molecule has 1 unspecified atom stereocenters. The second-order valence-corrected chi connectivity index (χ2v) is 4.41. The van der Waals surface area contributed by atoms with E-state index in [0.29, 0.717) is 0 Å². The van der Waals surface area contributed by atoms with Gasteiger partial charge in [-0.3, -0.25) is 10.8 Å². The van der Waals surface area contributed by atoms with Gasteiger partial charge in [0.15, 0.2) is 0 Å². The van der Waals surface area contributed by atoms with Gasteiger partial charge in [0.1, 0.15) is 11.5 Å². The number of nitrogens with two attached hydrogens (primary N) is 1. The standard InChI is InChI=1S/C15H19N3O2/c1-10-9-17-8-7-11(10)15(18-16)14-12(19-2)5-4-6-13(14)20-3/h4-9,15,18H,16H2,1-3H3. The van der Waals surface area contributed by atoms with Crippen LogP contribution >= 0.6 is 0 Å². The second-order valence-electron chi connectivity index (χ2n) is 4.41. The minimum atomic E-state index is -0.232. The molecule has 5 heteroatoms. The van der Waals surface area contributed by atoms with Crippen molar-refractivity contribution in [1.29, 1.82) is 0 Å². The predicted octanol–water partition coefficient (Wildman–Crippen LogP) is 1.96. The number of aromatic nitrogens is 1. The molecule has 5 nitrogen and oxygen atoms in total. The van der Waals surface area contributed by atoms with Crippen molar-refractivity contribution in [3.8, 4) is 11.5 Å². The van der Waals surface area contributed by atoms with E-state index in [1.165, 1.54) is 0 Å². The van der Waals surface area contributed by atoms with Gasteiger partial charge in [0, 0.05) is 12.4 Å². The molecule has 1 atom stereocenters. The zero-order chi connectivity index (χ0) is 14.5. The van der Waals surface area contributed by atoms with Gasteiger partial charge in [0.2, 0.25) is 0 Å². The van der Waals surface area contributed by atoms with Gasteiger partial charge in [-0.1, -0.05) is 6.07 Å². The second kappa shape index (κ2) is 6.36. The Morgan fingerprint density at radius 2 is 1.80 bits per heavy atom. The van der Waals surface area contributed by atoms with Crippen LogP contribution in [0, 0.1) is 6.92 Å². The molecule has 0 radical (unpaired) electrons. The van der Waals surface area contributed by atoms with Crippen molar-refractivity contribution >= 4 is 0 Å². The number of aryl methyl sites for hydroxylation is 1. The molecule has 0 aliphatic heterocycles. The van der Waals surface area contributed by atoms with E-state index >= 15 is 0 Å². The van der Waals surface area contributed by atoms with E-state index in [1.807, 2.05) is 37.4 Å². The highest BCUT2D eigenvalue weighted by atomic mass is 16.5. The fourth-order valence-corrected chi connectivity index (χ4v) is 2.30. The molecule has 0 fully saturated rings. The highest BCUT2D eigenvalue weighted by molar-refractivity contribution is 5.51. The summed E-state index contributed by atoms with van der Waals surface area (Å²) in [6, 6.07) is 7.36. The lowest BCUT2D eigenvalue weighted by molar-refractivity contribution is 0.377. The van der Waals surface area contributed by atoms with Crippen molar-refractivity contribution < 1.29 is 9.47 Å². The third-order valence-corrected chi connectivity index (χ3v) is 3.30. The largest absolute Gasteiger partial charge is 0.496 e. The Morgan fingerprint density at radius 1 is 1.15 bits per heavy atom. The topological polar surface area (TPSA) is 69.4 Å². The van der Waals surface area contributed by atoms with Crippen molar-refractivity contribution in [3.05, 3.63) is 53.3 Å². The average molecular weight is 273 g/mol. The van der Waals surface area contributed by atoms with E-state index in [9.17, 15) is 0 Å². The van der Waals surface area contributed by atoms with Crippen molar-refractivity contribution in [2.75, 3.05) is 14.2 Å². The van der Waals surface area contributed by atoms with Crippen LogP contribution in [0.25, 0.3) is 0 Å². The van der Waals surface area contributed by atoms with Crippen LogP contribution in [-0.2, 0) is 0 Å². The number of hydrogen-bond donors (Lipinski definition) is 2. The Kier molecular flexibility index (Phi) is 4.55. The summed E-state index contributed by atoms with van der Waals surface area (Å²) in [4.78, 5) is 4.11. The number of pyridine rings is 1.